The molecule has 1 amide bonds. The van der Waals surface area contributed by atoms with Crippen LogP contribution in [0, 0.1) is 0 Å². The summed E-state index contributed by atoms with van der Waals surface area (Å²) < 4.78 is 10.6. The summed E-state index contributed by atoms with van der Waals surface area (Å²) >= 11 is 0. The number of morpholine rings is 1. The van der Waals surface area contributed by atoms with Gasteiger partial charge in [0.25, 0.3) is 0 Å². The second kappa shape index (κ2) is 5.61. The summed E-state index contributed by atoms with van der Waals surface area (Å²) in [7, 11) is 0. The Hall–Kier alpha value is -1.55. The van der Waals surface area contributed by atoms with Crippen LogP contribution in [-0.2, 0) is 10.2 Å². The van der Waals surface area contributed by atoms with E-state index in [-0.39, 0.29) is 11.5 Å². The highest BCUT2D eigenvalue weighted by molar-refractivity contribution is 5.70. The van der Waals surface area contributed by atoms with Crippen molar-refractivity contribution in [3.63, 3.8) is 0 Å². The number of carbonyl (C=O) groups is 1. The molecule has 1 aliphatic heterocycles. The lowest BCUT2D eigenvalue weighted by atomic mass is 9.87. The van der Waals surface area contributed by atoms with Crippen molar-refractivity contribution in [2.45, 2.75) is 26.2 Å². The number of amides is 1. The quantitative estimate of drug-likeness (QED) is 0.782. The summed E-state index contributed by atoms with van der Waals surface area (Å²) in [4.78, 5) is 13.7. The molecule has 0 atom stereocenters. The Bertz CT molecular complexity index is 445. The fourth-order valence-corrected chi connectivity index (χ4v) is 1.94. The van der Waals surface area contributed by atoms with Crippen molar-refractivity contribution in [1.82, 2.24) is 4.90 Å². The number of rotatable bonds is 1. The molecule has 0 N–H and O–H groups in total. The molecular weight excluding hydrogens is 242 g/mol. The number of hydrogen-bond acceptors (Lipinski definition) is 3. The van der Waals surface area contributed by atoms with Crippen molar-refractivity contribution in [1.29, 1.82) is 0 Å². The van der Waals surface area contributed by atoms with E-state index in [1.165, 1.54) is 0 Å². The van der Waals surface area contributed by atoms with Gasteiger partial charge in [-0.2, -0.15) is 0 Å². The SMILES string of the molecule is CC(C)(C)c1cccc(OC(=O)N2CCOCC2)c1. The third-order valence-corrected chi connectivity index (χ3v) is 3.17. The second-order valence-corrected chi connectivity index (χ2v) is 5.75. The van der Waals surface area contributed by atoms with Crippen molar-refractivity contribution in [3.8, 4) is 5.75 Å². The molecule has 0 spiro atoms. The molecule has 19 heavy (non-hydrogen) atoms. The van der Waals surface area contributed by atoms with Gasteiger partial charge in [0.1, 0.15) is 5.75 Å². The van der Waals surface area contributed by atoms with E-state index < -0.39 is 0 Å². The summed E-state index contributed by atoms with van der Waals surface area (Å²) in [5.74, 6) is 0.601. The largest absolute Gasteiger partial charge is 0.415 e. The van der Waals surface area contributed by atoms with E-state index in [2.05, 4.69) is 20.8 Å². The average molecular weight is 263 g/mol. The molecule has 0 aromatic heterocycles. The van der Waals surface area contributed by atoms with Crippen molar-refractivity contribution in [3.05, 3.63) is 29.8 Å². The fourth-order valence-electron chi connectivity index (χ4n) is 1.94. The topological polar surface area (TPSA) is 38.8 Å². The maximum absolute atomic E-state index is 12.0. The summed E-state index contributed by atoms with van der Waals surface area (Å²) in [6.07, 6.45) is -0.297. The van der Waals surface area contributed by atoms with Crippen LogP contribution in [0.1, 0.15) is 26.3 Å². The molecule has 4 nitrogen and oxygen atoms in total. The molecule has 2 rings (SSSR count). The first kappa shape index (κ1) is 13.9. The van der Waals surface area contributed by atoms with Crippen molar-refractivity contribution < 1.29 is 14.3 Å². The van der Waals surface area contributed by atoms with Crippen LogP contribution in [0.5, 0.6) is 5.75 Å². The van der Waals surface area contributed by atoms with Gasteiger partial charge in [-0.1, -0.05) is 32.9 Å². The highest BCUT2D eigenvalue weighted by atomic mass is 16.6. The average Bonchev–Trinajstić information content (AvgIpc) is 2.39. The Kier molecular flexibility index (Phi) is 4.10. The van der Waals surface area contributed by atoms with Crippen LogP contribution < -0.4 is 4.74 Å². The van der Waals surface area contributed by atoms with Gasteiger partial charge in [0.2, 0.25) is 0 Å². The Labute approximate surface area is 114 Å². The molecule has 1 aromatic carbocycles. The van der Waals surface area contributed by atoms with Gasteiger partial charge >= 0.3 is 6.09 Å². The maximum Gasteiger partial charge on any atom is 0.415 e. The van der Waals surface area contributed by atoms with Crippen molar-refractivity contribution >= 4 is 6.09 Å². The number of hydrogen-bond donors (Lipinski definition) is 0. The molecule has 1 aromatic rings. The second-order valence-electron chi connectivity index (χ2n) is 5.75. The number of ether oxygens (including phenoxy) is 2. The van der Waals surface area contributed by atoms with E-state index in [1.54, 1.807) is 4.90 Å². The first-order valence-electron chi connectivity index (χ1n) is 6.62. The first-order valence-corrected chi connectivity index (χ1v) is 6.62. The van der Waals surface area contributed by atoms with Crippen LogP contribution in [0.2, 0.25) is 0 Å². The molecule has 104 valence electrons. The Morgan fingerprint density at radius 2 is 1.95 bits per heavy atom. The highest BCUT2D eigenvalue weighted by Crippen LogP contribution is 2.25. The summed E-state index contributed by atoms with van der Waals surface area (Å²) in [6.45, 7) is 8.76. The molecule has 1 saturated heterocycles. The smallest absolute Gasteiger partial charge is 0.410 e. The molecule has 1 fully saturated rings. The number of nitrogens with zero attached hydrogens (tertiary/aromatic N) is 1. The first-order chi connectivity index (χ1) is 8.97. The Balaban J connectivity index is 2.04. The van der Waals surface area contributed by atoms with Crippen LogP contribution in [0.25, 0.3) is 0 Å². The number of benzene rings is 1. The molecule has 4 heteroatoms. The molecule has 0 bridgehead atoms. The lowest BCUT2D eigenvalue weighted by molar-refractivity contribution is 0.0416. The van der Waals surface area contributed by atoms with E-state index in [9.17, 15) is 4.79 Å². The van der Waals surface area contributed by atoms with Crippen LogP contribution >= 0.6 is 0 Å². The normalized spacial score (nSPS) is 16.3. The minimum Gasteiger partial charge on any atom is -0.410 e. The van der Waals surface area contributed by atoms with Crippen molar-refractivity contribution in [2.75, 3.05) is 26.3 Å². The monoisotopic (exact) mass is 263 g/mol. The lowest BCUT2D eigenvalue weighted by Gasteiger charge is -2.26. The van der Waals surface area contributed by atoms with E-state index in [4.69, 9.17) is 9.47 Å². The summed E-state index contributed by atoms with van der Waals surface area (Å²) in [6, 6.07) is 7.71. The van der Waals surface area contributed by atoms with E-state index in [0.717, 1.165) is 5.56 Å². The van der Waals surface area contributed by atoms with Gasteiger partial charge in [0.05, 0.1) is 13.2 Å². The van der Waals surface area contributed by atoms with E-state index >= 15 is 0 Å². The molecule has 0 unspecified atom stereocenters. The van der Waals surface area contributed by atoms with Gasteiger partial charge in [-0.25, -0.2) is 4.79 Å². The van der Waals surface area contributed by atoms with Crippen molar-refractivity contribution in [2.24, 2.45) is 0 Å². The number of carbonyl (C=O) groups excluding carboxylic acids is 1. The van der Waals surface area contributed by atoms with Crippen LogP contribution in [0.3, 0.4) is 0 Å². The fraction of sp³-hybridized carbons (Fsp3) is 0.533. The van der Waals surface area contributed by atoms with Gasteiger partial charge < -0.3 is 14.4 Å². The van der Waals surface area contributed by atoms with Crippen LogP contribution in [0.4, 0.5) is 4.79 Å². The molecule has 1 aliphatic rings. The zero-order valence-corrected chi connectivity index (χ0v) is 11.8. The van der Waals surface area contributed by atoms with E-state index in [1.807, 2.05) is 24.3 Å². The predicted octanol–water partition coefficient (Wildman–Crippen LogP) is 2.82. The Morgan fingerprint density at radius 3 is 2.58 bits per heavy atom. The molecule has 1 heterocycles. The van der Waals surface area contributed by atoms with Gasteiger partial charge in [-0.05, 0) is 23.1 Å². The van der Waals surface area contributed by atoms with Crippen LogP contribution in [-0.4, -0.2) is 37.3 Å². The minimum absolute atomic E-state index is 0.0430. The third kappa shape index (κ3) is 3.70. The lowest BCUT2D eigenvalue weighted by Crippen LogP contribution is -2.42. The summed E-state index contributed by atoms with van der Waals surface area (Å²) in [5.41, 5.74) is 1.20. The highest BCUT2D eigenvalue weighted by Gasteiger charge is 2.20. The predicted molar refractivity (Wildman–Crippen MR) is 73.6 cm³/mol. The maximum atomic E-state index is 12.0. The standard InChI is InChI=1S/C15H21NO3/c1-15(2,3)12-5-4-6-13(11-12)19-14(17)16-7-9-18-10-8-16/h4-6,11H,7-10H2,1-3H3. The van der Waals surface area contributed by atoms with Gasteiger partial charge in [0, 0.05) is 13.1 Å². The minimum atomic E-state index is -0.297. The zero-order valence-electron chi connectivity index (χ0n) is 11.8. The van der Waals surface area contributed by atoms with Gasteiger partial charge in [0.15, 0.2) is 0 Å². The molecular formula is C15H21NO3. The molecule has 0 aliphatic carbocycles. The third-order valence-electron chi connectivity index (χ3n) is 3.17. The van der Waals surface area contributed by atoms with E-state index in [0.29, 0.717) is 32.1 Å². The van der Waals surface area contributed by atoms with Crippen LogP contribution in [0.15, 0.2) is 24.3 Å². The Morgan fingerprint density at radius 1 is 1.26 bits per heavy atom. The van der Waals surface area contributed by atoms with Gasteiger partial charge in [-0.3, -0.25) is 0 Å². The van der Waals surface area contributed by atoms with Gasteiger partial charge in [-0.15, -0.1) is 0 Å². The molecule has 0 saturated carbocycles. The molecule has 0 radical (unpaired) electrons. The summed E-state index contributed by atoms with van der Waals surface area (Å²) in [5, 5.41) is 0. The zero-order chi connectivity index (χ0) is 13.9.